The zero-order chi connectivity index (χ0) is 22.5. The standard InChI is InChI=1S/C25H29N3O3/c1-15(2)17-10-8-11-18(16(3)4)22(17)27-25(30)28-23-20(13-14-26-24(23)29)19-9-6-7-12-21(19)31-5/h6-16H,1-5H3,(H,26,29)(H2,27,28,30). The third-order valence-electron chi connectivity index (χ3n) is 5.21. The van der Waals surface area contributed by atoms with Crippen LogP contribution in [0.3, 0.4) is 0 Å². The summed E-state index contributed by atoms with van der Waals surface area (Å²) in [6.07, 6.45) is 1.55. The highest BCUT2D eigenvalue weighted by Gasteiger charge is 2.19. The Morgan fingerprint density at radius 2 is 1.45 bits per heavy atom. The van der Waals surface area contributed by atoms with Crippen LogP contribution in [-0.4, -0.2) is 18.1 Å². The molecule has 2 aromatic carbocycles. The monoisotopic (exact) mass is 419 g/mol. The molecule has 31 heavy (non-hydrogen) atoms. The van der Waals surface area contributed by atoms with E-state index in [9.17, 15) is 9.59 Å². The van der Waals surface area contributed by atoms with E-state index in [2.05, 4.69) is 43.3 Å². The quantitative estimate of drug-likeness (QED) is 0.462. The Kier molecular flexibility index (Phi) is 6.80. The summed E-state index contributed by atoms with van der Waals surface area (Å²) in [5, 5.41) is 5.75. The van der Waals surface area contributed by atoms with Crippen molar-refractivity contribution in [2.24, 2.45) is 0 Å². The molecule has 6 heteroatoms. The number of aromatic amines is 1. The van der Waals surface area contributed by atoms with Crippen molar-refractivity contribution in [3.8, 4) is 16.9 Å². The van der Waals surface area contributed by atoms with Crippen LogP contribution in [0.2, 0.25) is 0 Å². The molecule has 1 heterocycles. The summed E-state index contributed by atoms with van der Waals surface area (Å²) in [5.74, 6) is 1.08. The van der Waals surface area contributed by atoms with Crippen LogP contribution in [0.5, 0.6) is 5.75 Å². The minimum Gasteiger partial charge on any atom is -0.496 e. The van der Waals surface area contributed by atoms with Crippen molar-refractivity contribution in [3.63, 3.8) is 0 Å². The van der Waals surface area contributed by atoms with E-state index in [-0.39, 0.29) is 23.1 Å². The van der Waals surface area contributed by atoms with Crippen molar-refractivity contribution in [3.05, 3.63) is 76.2 Å². The Morgan fingerprint density at radius 1 is 0.839 bits per heavy atom. The van der Waals surface area contributed by atoms with E-state index < -0.39 is 6.03 Å². The molecule has 0 fully saturated rings. The van der Waals surface area contributed by atoms with Gasteiger partial charge in [0.2, 0.25) is 0 Å². The molecule has 0 radical (unpaired) electrons. The number of para-hydroxylation sites is 2. The molecule has 0 aliphatic carbocycles. The maximum Gasteiger partial charge on any atom is 0.323 e. The van der Waals surface area contributed by atoms with Crippen LogP contribution in [0.15, 0.2) is 59.5 Å². The Morgan fingerprint density at radius 3 is 2.06 bits per heavy atom. The number of carbonyl (C=O) groups excluding carboxylic acids is 1. The first-order valence-corrected chi connectivity index (χ1v) is 10.4. The number of carbonyl (C=O) groups is 1. The van der Waals surface area contributed by atoms with Gasteiger partial charge in [-0.15, -0.1) is 0 Å². The lowest BCUT2D eigenvalue weighted by Gasteiger charge is -2.20. The predicted molar refractivity (Wildman–Crippen MR) is 126 cm³/mol. The molecular formula is C25H29N3O3. The number of methoxy groups -OCH3 is 1. The van der Waals surface area contributed by atoms with Crippen molar-refractivity contribution in [1.82, 2.24) is 4.98 Å². The maximum absolute atomic E-state index is 13.0. The van der Waals surface area contributed by atoms with Gasteiger partial charge in [0.15, 0.2) is 0 Å². The molecule has 162 valence electrons. The van der Waals surface area contributed by atoms with Gasteiger partial charge in [0.05, 0.1) is 7.11 Å². The zero-order valence-electron chi connectivity index (χ0n) is 18.6. The summed E-state index contributed by atoms with van der Waals surface area (Å²) in [5.41, 5.74) is 3.96. The molecular weight excluding hydrogens is 390 g/mol. The fourth-order valence-electron chi connectivity index (χ4n) is 3.65. The highest BCUT2D eigenvalue weighted by Crippen LogP contribution is 2.34. The Bertz CT molecular complexity index is 1110. The van der Waals surface area contributed by atoms with Gasteiger partial charge in [0, 0.05) is 23.0 Å². The summed E-state index contributed by atoms with van der Waals surface area (Å²) in [4.78, 5) is 28.3. The Labute approximate surface area is 182 Å². The molecule has 6 nitrogen and oxygen atoms in total. The van der Waals surface area contributed by atoms with Gasteiger partial charge in [-0.3, -0.25) is 4.79 Å². The fourth-order valence-corrected chi connectivity index (χ4v) is 3.65. The van der Waals surface area contributed by atoms with Gasteiger partial charge < -0.3 is 20.4 Å². The topological polar surface area (TPSA) is 83.2 Å². The number of benzene rings is 2. The first-order valence-electron chi connectivity index (χ1n) is 10.4. The lowest BCUT2D eigenvalue weighted by molar-refractivity contribution is 0.262. The third-order valence-corrected chi connectivity index (χ3v) is 5.21. The highest BCUT2D eigenvalue weighted by molar-refractivity contribution is 6.03. The molecule has 0 saturated carbocycles. The zero-order valence-corrected chi connectivity index (χ0v) is 18.6. The summed E-state index contributed by atoms with van der Waals surface area (Å²) in [7, 11) is 1.57. The average Bonchev–Trinajstić information content (AvgIpc) is 2.75. The van der Waals surface area contributed by atoms with Crippen LogP contribution in [0.1, 0.15) is 50.7 Å². The lowest BCUT2D eigenvalue weighted by Crippen LogP contribution is -2.26. The Balaban J connectivity index is 1.99. The van der Waals surface area contributed by atoms with Crippen LogP contribution in [0, 0.1) is 0 Å². The number of H-pyrrole nitrogens is 1. The predicted octanol–water partition coefficient (Wildman–Crippen LogP) is 5.94. The number of urea groups is 1. The van der Waals surface area contributed by atoms with Crippen LogP contribution in [0.25, 0.3) is 11.1 Å². The molecule has 3 aromatic rings. The normalized spacial score (nSPS) is 10.9. The first-order chi connectivity index (χ1) is 14.8. The van der Waals surface area contributed by atoms with Crippen molar-refractivity contribution >= 4 is 17.4 Å². The van der Waals surface area contributed by atoms with E-state index in [1.54, 1.807) is 19.4 Å². The van der Waals surface area contributed by atoms with E-state index in [4.69, 9.17) is 4.74 Å². The van der Waals surface area contributed by atoms with Gasteiger partial charge >= 0.3 is 6.03 Å². The molecule has 3 rings (SSSR count). The number of pyridine rings is 1. The van der Waals surface area contributed by atoms with Gasteiger partial charge in [-0.2, -0.15) is 0 Å². The van der Waals surface area contributed by atoms with E-state index in [0.717, 1.165) is 22.4 Å². The first kappa shape index (κ1) is 22.2. The second-order valence-electron chi connectivity index (χ2n) is 8.00. The summed E-state index contributed by atoms with van der Waals surface area (Å²) < 4.78 is 5.44. The second-order valence-corrected chi connectivity index (χ2v) is 8.00. The third kappa shape index (κ3) is 4.79. The Hall–Kier alpha value is -3.54. The number of rotatable bonds is 6. The van der Waals surface area contributed by atoms with Crippen molar-refractivity contribution < 1.29 is 9.53 Å². The number of aromatic nitrogens is 1. The van der Waals surface area contributed by atoms with E-state index in [1.807, 2.05) is 42.5 Å². The number of hydrogen-bond acceptors (Lipinski definition) is 3. The van der Waals surface area contributed by atoms with Crippen LogP contribution in [-0.2, 0) is 0 Å². The van der Waals surface area contributed by atoms with E-state index in [0.29, 0.717) is 11.3 Å². The average molecular weight is 420 g/mol. The summed E-state index contributed by atoms with van der Waals surface area (Å²) >= 11 is 0. The number of amides is 2. The largest absolute Gasteiger partial charge is 0.496 e. The lowest BCUT2D eigenvalue weighted by atomic mass is 9.93. The van der Waals surface area contributed by atoms with Gasteiger partial charge in [0.25, 0.3) is 5.56 Å². The molecule has 1 aromatic heterocycles. The van der Waals surface area contributed by atoms with Crippen LogP contribution < -0.4 is 20.9 Å². The fraction of sp³-hybridized carbons (Fsp3) is 0.280. The molecule has 0 bridgehead atoms. The molecule has 3 N–H and O–H groups in total. The summed E-state index contributed by atoms with van der Waals surface area (Å²) in [6, 6.07) is 14.7. The number of ether oxygens (including phenoxy) is 1. The highest BCUT2D eigenvalue weighted by atomic mass is 16.5. The minimum atomic E-state index is -0.470. The second kappa shape index (κ2) is 9.51. The van der Waals surface area contributed by atoms with Gasteiger partial charge in [0.1, 0.15) is 11.4 Å². The molecule has 0 atom stereocenters. The van der Waals surface area contributed by atoms with E-state index in [1.165, 1.54) is 0 Å². The smallest absolute Gasteiger partial charge is 0.323 e. The van der Waals surface area contributed by atoms with E-state index >= 15 is 0 Å². The minimum absolute atomic E-state index is 0.164. The number of nitrogens with one attached hydrogen (secondary N) is 3. The molecule has 0 unspecified atom stereocenters. The summed E-state index contributed by atoms with van der Waals surface area (Å²) in [6.45, 7) is 8.35. The maximum atomic E-state index is 13.0. The number of hydrogen-bond donors (Lipinski definition) is 3. The molecule has 0 aliphatic rings. The molecule has 2 amide bonds. The SMILES string of the molecule is COc1ccccc1-c1cc[nH]c(=O)c1NC(=O)Nc1c(C(C)C)cccc1C(C)C. The molecule has 0 aliphatic heterocycles. The van der Waals surface area contributed by atoms with Gasteiger partial charge in [-0.1, -0.05) is 64.1 Å². The van der Waals surface area contributed by atoms with Gasteiger partial charge in [-0.05, 0) is 35.1 Å². The van der Waals surface area contributed by atoms with Crippen molar-refractivity contribution in [2.45, 2.75) is 39.5 Å². The van der Waals surface area contributed by atoms with Gasteiger partial charge in [-0.25, -0.2) is 4.79 Å². The molecule has 0 saturated heterocycles. The van der Waals surface area contributed by atoms with Crippen molar-refractivity contribution in [1.29, 1.82) is 0 Å². The molecule has 0 spiro atoms. The van der Waals surface area contributed by atoms with Crippen LogP contribution in [0.4, 0.5) is 16.2 Å². The van der Waals surface area contributed by atoms with Crippen LogP contribution >= 0.6 is 0 Å². The number of anilines is 2. The van der Waals surface area contributed by atoms with Crippen molar-refractivity contribution in [2.75, 3.05) is 17.7 Å².